The van der Waals surface area contributed by atoms with Gasteiger partial charge in [-0.25, -0.2) is 0 Å². The number of rotatable bonds is 2. The lowest BCUT2D eigenvalue weighted by Gasteiger charge is -2.49. The van der Waals surface area contributed by atoms with Crippen LogP contribution in [0.5, 0.6) is 0 Å². The monoisotopic (exact) mass is 303 g/mol. The summed E-state index contributed by atoms with van der Waals surface area (Å²) in [5, 5.41) is 3.21. The van der Waals surface area contributed by atoms with Gasteiger partial charge in [-0.15, -0.1) is 12.4 Å². The van der Waals surface area contributed by atoms with Crippen molar-refractivity contribution in [1.82, 2.24) is 15.1 Å². The van der Waals surface area contributed by atoms with Gasteiger partial charge >= 0.3 is 0 Å². The molecule has 0 aliphatic carbocycles. The minimum Gasteiger partial charge on any atom is -0.332 e. The number of nitrogens with one attached hydrogen (secondary N) is 1. The molecule has 0 aromatic rings. The third-order valence-electron chi connectivity index (χ3n) is 4.01. The van der Waals surface area contributed by atoms with E-state index in [1.54, 1.807) is 4.90 Å². The molecule has 1 unspecified atom stereocenters. The molecule has 2 rings (SSSR count). The molecule has 0 saturated carbocycles. The number of piperazine rings is 1. The molecule has 0 radical (unpaired) electrons. The van der Waals surface area contributed by atoms with E-state index in [4.69, 9.17) is 0 Å². The van der Waals surface area contributed by atoms with Gasteiger partial charge in [-0.1, -0.05) is 0 Å². The molecule has 2 aliphatic rings. The van der Waals surface area contributed by atoms with Gasteiger partial charge in [0, 0.05) is 12.6 Å². The summed E-state index contributed by atoms with van der Waals surface area (Å²) in [4.78, 5) is 28.3. The lowest BCUT2D eigenvalue weighted by Crippen LogP contribution is -2.66. The average Bonchev–Trinajstić information content (AvgIpc) is 2.78. The molecule has 2 saturated heterocycles. The van der Waals surface area contributed by atoms with Gasteiger partial charge in [0.25, 0.3) is 0 Å². The first kappa shape index (κ1) is 17.2. The van der Waals surface area contributed by atoms with Gasteiger partial charge in [0.1, 0.15) is 0 Å². The maximum Gasteiger partial charge on any atom is 0.242 e. The number of nitrogens with zero attached hydrogens (tertiary/aromatic N) is 2. The Balaban J connectivity index is 0.00000200. The molecule has 20 heavy (non-hydrogen) atoms. The fourth-order valence-corrected chi connectivity index (χ4v) is 3.43. The SMILES string of the molecule is CC(C)N1C(=O)CN(C(=O)C2CCCN2)CC1(C)C.Cl. The van der Waals surface area contributed by atoms with Crippen LogP contribution in [0.15, 0.2) is 0 Å². The fraction of sp³-hybridized carbons (Fsp3) is 0.857. The van der Waals surface area contributed by atoms with Crippen molar-refractivity contribution in [2.75, 3.05) is 19.6 Å². The van der Waals surface area contributed by atoms with E-state index in [0.29, 0.717) is 6.54 Å². The van der Waals surface area contributed by atoms with E-state index >= 15 is 0 Å². The summed E-state index contributed by atoms with van der Waals surface area (Å²) >= 11 is 0. The van der Waals surface area contributed by atoms with Crippen LogP contribution in [0.4, 0.5) is 0 Å². The van der Waals surface area contributed by atoms with Crippen molar-refractivity contribution in [1.29, 1.82) is 0 Å². The second-order valence-corrected chi connectivity index (χ2v) is 6.51. The molecule has 2 fully saturated rings. The van der Waals surface area contributed by atoms with E-state index in [-0.39, 0.29) is 48.4 Å². The van der Waals surface area contributed by atoms with Crippen LogP contribution < -0.4 is 5.32 Å². The molecular weight excluding hydrogens is 278 g/mol. The molecule has 1 N–H and O–H groups in total. The molecule has 5 nitrogen and oxygen atoms in total. The quantitative estimate of drug-likeness (QED) is 0.828. The summed E-state index contributed by atoms with van der Waals surface area (Å²) in [6.07, 6.45) is 1.93. The topological polar surface area (TPSA) is 52.7 Å². The summed E-state index contributed by atoms with van der Waals surface area (Å²) in [6, 6.07) is 0.0820. The van der Waals surface area contributed by atoms with Crippen molar-refractivity contribution in [2.45, 2.75) is 58.2 Å². The third kappa shape index (κ3) is 3.26. The van der Waals surface area contributed by atoms with E-state index in [1.165, 1.54) is 0 Å². The normalized spacial score (nSPS) is 25.9. The smallest absolute Gasteiger partial charge is 0.242 e. The lowest BCUT2D eigenvalue weighted by atomic mass is 9.96. The molecule has 0 aromatic carbocycles. The van der Waals surface area contributed by atoms with Gasteiger partial charge < -0.3 is 15.1 Å². The Morgan fingerprint density at radius 1 is 1.40 bits per heavy atom. The van der Waals surface area contributed by atoms with Crippen molar-refractivity contribution in [3.05, 3.63) is 0 Å². The van der Waals surface area contributed by atoms with Crippen LogP contribution in [0.2, 0.25) is 0 Å². The van der Waals surface area contributed by atoms with E-state index < -0.39 is 0 Å². The van der Waals surface area contributed by atoms with Crippen LogP contribution in [-0.4, -0.2) is 58.9 Å². The maximum absolute atomic E-state index is 12.4. The Morgan fingerprint density at radius 2 is 2.05 bits per heavy atom. The summed E-state index contributed by atoms with van der Waals surface area (Å²) in [5.74, 6) is 0.139. The van der Waals surface area contributed by atoms with Gasteiger partial charge in [0.15, 0.2) is 0 Å². The molecule has 0 aromatic heterocycles. The molecule has 0 bridgehead atoms. The first-order chi connectivity index (χ1) is 8.83. The fourth-order valence-electron chi connectivity index (χ4n) is 3.43. The van der Waals surface area contributed by atoms with Gasteiger partial charge in [0.05, 0.1) is 18.1 Å². The van der Waals surface area contributed by atoms with E-state index in [1.807, 2.05) is 32.6 Å². The number of carbonyl (C=O) groups excluding carboxylic acids is 2. The second kappa shape index (κ2) is 6.31. The zero-order valence-electron chi connectivity index (χ0n) is 12.8. The Kier molecular flexibility index (Phi) is 5.44. The zero-order valence-corrected chi connectivity index (χ0v) is 13.6. The molecule has 2 aliphatic heterocycles. The summed E-state index contributed by atoms with van der Waals surface area (Å²) < 4.78 is 0. The van der Waals surface area contributed by atoms with Crippen molar-refractivity contribution in [3.63, 3.8) is 0 Å². The molecule has 116 valence electrons. The van der Waals surface area contributed by atoms with Gasteiger partial charge in [-0.3, -0.25) is 9.59 Å². The molecule has 2 amide bonds. The standard InChI is InChI=1S/C14H25N3O2.ClH/c1-10(2)17-12(18)8-16(9-14(17,3)4)13(19)11-6-5-7-15-11;/h10-11,15H,5-9H2,1-4H3;1H. The number of carbonyl (C=O) groups is 2. The molecule has 2 heterocycles. The van der Waals surface area contributed by atoms with Crippen LogP contribution in [-0.2, 0) is 9.59 Å². The second-order valence-electron chi connectivity index (χ2n) is 6.51. The van der Waals surface area contributed by atoms with Crippen LogP contribution in [0.1, 0.15) is 40.5 Å². The van der Waals surface area contributed by atoms with Crippen LogP contribution in [0.3, 0.4) is 0 Å². The number of hydrogen-bond donors (Lipinski definition) is 1. The van der Waals surface area contributed by atoms with Crippen LogP contribution in [0.25, 0.3) is 0 Å². The highest BCUT2D eigenvalue weighted by molar-refractivity contribution is 5.89. The van der Waals surface area contributed by atoms with Crippen molar-refractivity contribution >= 4 is 24.2 Å². The van der Waals surface area contributed by atoms with Crippen molar-refractivity contribution in [3.8, 4) is 0 Å². The highest BCUT2D eigenvalue weighted by atomic mass is 35.5. The molecule has 0 spiro atoms. The third-order valence-corrected chi connectivity index (χ3v) is 4.01. The number of amides is 2. The van der Waals surface area contributed by atoms with Crippen molar-refractivity contribution in [2.24, 2.45) is 0 Å². The summed E-state index contributed by atoms with van der Waals surface area (Å²) in [7, 11) is 0. The number of halogens is 1. The summed E-state index contributed by atoms with van der Waals surface area (Å²) in [6.45, 7) is 9.86. The van der Waals surface area contributed by atoms with E-state index in [2.05, 4.69) is 5.32 Å². The molecule has 1 atom stereocenters. The predicted octanol–water partition coefficient (Wildman–Crippen LogP) is 1.02. The van der Waals surface area contributed by atoms with Crippen LogP contribution >= 0.6 is 12.4 Å². The Morgan fingerprint density at radius 3 is 2.50 bits per heavy atom. The Labute approximate surface area is 127 Å². The van der Waals surface area contributed by atoms with Gasteiger partial charge in [-0.05, 0) is 47.1 Å². The molecule has 6 heteroatoms. The summed E-state index contributed by atoms with van der Waals surface area (Å²) in [5.41, 5.74) is -0.294. The first-order valence-electron chi connectivity index (χ1n) is 7.17. The predicted molar refractivity (Wildman–Crippen MR) is 80.9 cm³/mol. The average molecular weight is 304 g/mol. The van der Waals surface area contributed by atoms with Crippen molar-refractivity contribution < 1.29 is 9.59 Å². The minimum absolute atomic E-state index is 0. The lowest BCUT2D eigenvalue weighted by molar-refractivity contribution is -0.156. The number of hydrogen-bond acceptors (Lipinski definition) is 3. The Bertz CT molecular complexity index is 379. The highest BCUT2D eigenvalue weighted by Crippen LogP contribution is 2.25. The minimum atomic E-state index is -0.294. The maximum atomic E-state index is 12.4. The Hall–Kier alpha value is -0.810. The van der Waals surface area contributed by atoms with Crippen LogP contribution in [0, 0.1) is 0 Å². The van der Waals surface area contributed by atoms with E-state index in [9.17, 15) is 9.59 Å². The van der Waals surface area contributed by atoms with Gasteiger partial charge in [0.2, 0.25) is 11.8 Å². The highest BCUT2D eigenvalue weighted by Gasteiger charge is 2.42. The van der Waals surface area contributed by atoms with E-state index in [0.717, 1.165) is 19.4 Å². The van der Waals surface area contributed by atoms with Gasteiger partial charge in [-0.2, -0.15) is 0 Å². The molecular formula is C14H26ClN3O2. The zero-order chi connectivity index (χ0) is 14.2. The largest absolute Gasteiger partial charge is 0.332 e. The first-order valence-corrected chi connectivity index (χ1v) is 7.17.